The number of aliphatic imine (C=N–C) groups is 1. The number of benzene rings is 1. The lowest BCUT2D eigenvalue weighted by atomic mass is 10.3. The Balaban J connectivity index is 2.36. The van der Waals surface area contributed by atoms with Gasteiger partial charge < -0.3 is 0 Å². The molecule has 0 aliphatic rings. The third kappa shape index (κ3) is 3.78. The lowest BCUT2D eigenvalue weighted by Crippen LogP contribution is -1.85. The fourth-order valence-corrected chi connectivity index (χ4v) is 2.94. The fourth-order valence-electron chi connectivity index (χ4n) is 1.18. The number of rotatable bonds is 3. The van der Waals surface area contributed by atoms with E-state index in [-0.39, 0.29) is 0 Å². The Morgan fingerprint density at radius 1 is 1.26 bits per heavy atom. The summed E-state index contributed by atoms with van der Waals surface area (Å²) in [5, 5.41) is 1.34. The highest BCUT2D eigenvalue weighted by Crippen LogP contribution is 2.38. The highest BCUT2D eigenvalue weighted by Gasteiger charge is 2.09. The van der Waals surface area contributed by atoms with Crippen LogP contribution in [0.25, 0.3) is 0 Å². The SMILES string of the molecule is O=C=Nc1cc(Sc2ncc(Cl)cn2)c(Br)cc1Cl. The van der Waals surface area contributed by atoms with Gasteiger partial charge in [0.25, 0.3) is 0 Å². The van der Waals surface area contributed by atoms with Gasteiger partial charge in [-0.25, -0.2) is 14.8 Å². The average Bonchev–Trinajstić information content (AvgIpc) is 2.38. The van der Waals surface area contributed by atoms with Gasteiger partial charge in [0.05, 0.1) is 28.1 Å². The highest BCUT2D eigenvalue weighted by molar-refractivity contribution is 9.10. The van der Waals surface area contributed by atoms with Gasteiger partial charge in [0, 0.05) is 9.37 Å². The van der Waals surface area contributed by atoms with Crippen molar-refractivity contribution in [3.63, 3.8) is 0 Å². The minimum atomic E-state index is 0.344. The van der Waals surface area contributed by atoms with Crippen LogP contribution in [0.5, 0.6) is 0 Å². The molecule has 96 valence electrons. The summed E-state index contributed by atoms with van der Waals surface area (Å²) in [6.45, 7) is 0. The van der Waals surface area contributed by atoms with E-state index in [4.69, 9.17) is 23.2 Å². The van der Waals surface area contributed by atoms with Gasteiger partial charge in [-0.05, 0) is 39.8 Å². The van der Waals surface area contributed by atoms with Crippen LogP contribution in [0.1, 0.15) is 0 Å². The Kier molecular flexibility index (Phi) is 4.96. The molecule has 0 N–H and O–H groups in total. The van der Waals surface area contributed by atoms with Crippen LogP contribution in [0.15, 0.2) is 44.0 Å². The summed E-state index contributed by atoms with van der Waals surface area (Å²) in [6, 6.07) is 3.30. The summed E-state index contributed by atoms with van der Waals surface area (Å²) in [7, 11) is 0. The molecule has 0 fully saturated rings. The van der Waals surface area contributed by atoms with E-state index in [1.165, 1.54) is 30.2 Å². The van der Waals surface area contributed by atoms with E-state index in [9.17, 15) is 4.79 Å². The van der Waals surface area contributed by atoms with Crippen molar-refractivity contribution in [2.45, 2.75) is 10.1 Å². The van der Waals surface area contributed by atoms with Crippen LogP contribution in [0.3, 0.4) is 0 Å². The van der Waals surface area contributed by atoms with Gasteiger partial charge in [-0.1, -0.05) is 23.2 Å². The molecule has 0 atom stereocenters. The molecule has 0 unspecified atom stereocenters. The lowest BCUT2D eigenvalue weighted by Gasteiger charge is -2.05. The Morgan fingerprint density at radius 3 is 2.58 bits per heavy atom. The number of aromatic nitrogens is 2. The summed E-state index contributed by atoms with van der Waals surface area (Å²) < 4.78 is 0.755. The smallest absolute Gasteiger partial charge is 0.229 e. The van der Waals surface area contributed by atoms with Gasteiger partial charge in [0.15, 0.2) is 5.16 Å². The van der Waals surface area contributed by atoms with Crippen LogP contribution in [0.2, 0.25) is 10.0 Å². The number of hydrogen-bond acceptors (Lipinski definition) is 5. The zero-order valence-electron chi connectivity index (χ0n) is 9.10. The van der Waals surface area contributed by atoms with Crippen molar-refractivity contribution in [1.82, 2.24) is 9.97 Å². The molecule has 1 aromatic carbocycles. The Hall–Kier alpha value is -0.910. The van der Waals surface area contributed by atoms with Gasteiger partial charge in [0.1, 0.15) is 0 Å². The summed E-state index contributed by atoms with van der Waals surface area (Å²) in [6.07, 6.45) is 4.47. The van der Waals surface area contributed by atoms with Gasteiger partial charge in [-0.3, -0.25) is 0 Å². The molecule has 19 heavy (non-hydrogen) atoms. The van der Waals surface area contributed by atoms with Crippen LogP contribution in [0.4, 0.5) is 5.69 Å². The molecule has 0 spiro atoms. The normalized spacial score (nSPS) is 10.1. The molecule has 0 aliphatic carbocycles. The maximum Gasteiger partial charge on any atom is 0.240 e. The molecule has 1 heterocycles. The molecule has 8 heteroatoms. The second-order valence-electron chi connectivity index (χ2n) is 3.22. The Bertz CT molecular complexity index is 660. The van der Waals surface area contributed by atoms with Crippen molar-refractivity contribution in [3.05, 3.63) is 39.0 Å². The lowest BCUT2D eigenvalue weighted by molar-refractivity contribution is 0.565. The molecular weight excluding hydrogens is 373 g/mol. The van der Waals surface area contributed by atoms with Crippen LogP contribution < -0.4 is 0 Å². The monoisotopic (exact) mass is 375 g/mol. The first-order chi connectivity index (χ1) is 9.10. The van der Waals surface area contributed by atoms with Gasteiger partial charge >= 0.3 is 0 Å². The maximum absolute atomic E-state index is 10.3. The minimum Gasteiger partial charge on any atom is -0.229 e. The highest BCUT2D eigenvalue weighted by atomic mass is 79.9. The summed E-state index contributed by atoms with van der Waals surface area (Å²) >= 11 is 16.3. The van der Waals surface area contributed by atoms with Crippen LogP contribution >= 0.6 is 50.9 Å². The molecule has 4 nitrogen and oxygen atoms in total. The molecule has 0 aliphatic heterocycles. The molecule has 0 radical (unpaired) electrons. The maximum atomic E-state index is 10.3. The molecular formula is C11H4BrCl2N3OS. The number of nitrogens with zero attached hydrogens (tertiary/aromatic N) is 3. The average molecular weight is 377 g/mol. The van der Waals surface area contributed by atoms with Gasteiger partial charge in [-0.2, -0.15) is 4.99 Å². The predicted molar refractivity (Wildman–Crippen MR) is 78.1 cm³/mol. The van der Waals surface area contributed by atoms with Crippen LogP contribution in [0, 0.1) is 0 Å². The second kappa shape index (κ2) is 6.50. The van der Waals surface area contributed by atoms with Crippen molar-refractivity contribution in [2.24, 2.45) is 4.99 Å². The molecule has 0 saturated carbocycles. The second-order valence-corrected chi connectivity index (χ2v) is 5.93. The van der Waals surface area contributed by atoms with E-state index in [1.54, 1.807) is 12.1 Å². The first-order valence-electron chi connectivity index (χ1n) is 4.82. The summed E-state index contributed by atoms with van der Waals surface area (Å²) in [5.41, 5.74) is 0.344. The van der Waals surface area contributed by atoms with E-state index in [0.717, 1.165) is 9.37 Å². The van der Waals surface area contributed by atoms with Crippen molar-refractivity contribution in [1.29, 1.82) is 0 Å². The fraction of sp³-hybridized carbons (Fsp3) is 0. The van der Waals surface area contributed by atoms with E-state index < -0.39 is 0 Å². The first kappa shape index (κ1) is 14.5. The summed E-state index contributed by atoms with van der Waals surface area (Å²) in [5.74, 6) is 0. The number of hydrogen-bond donors (Lipinski definition) is 0. The summed E-state index contributed by atoms with van der Waals surface area (Å²) in [4.78, 5) is 22.8. The van der Waals surface area contributed by atoms with E-state index in [1.807, 2.05) is 0 Å². The van der Waals surface area contributed by atoms with Crippen molar-refractivity contribution in [2.75, 3.05) is 0 Å². The van der Waals surface area contributed by atoms with E-state index >= 15 is 0 Å². The largest absolute Gasteiger partial charge is 0.240 e. The quantitative estimate of drug-likeness (QED) is 0.444. The van der Waals surface area contributed by atoms with E-state index in [0.29, 0.717) is 20.9 Å². The van der Waals surface area contributed by atoms with Crippen LogP contribution in [-0.4, -0.2) is 16.0 Å². The topological polar surface area (TPSA) is 55.2 Å². The predicted octanol–water partition coefficient (Wildman–Crippen LogP) is 4.66. The third-order valence-corrected chi connectivity index (χ3v) is 4.33. The number of isocyanates is 1. The molecule has 0 saturated heterocycles. The molecule has 0 amide bonds. The molecule has 2 aromatic rings. The third-order valence-electron chi connectivity index (χ3n) is 1.97. The van der Waals surface area contributed by atoms with Gasteiger partial charge in [0.2, 0.25) is 6.08 Å². The Morgan fingerprint density at radius 2 is 1.95 bits per heavy atom. The minimum absolute atomic E-state index is 0.344. The number of halogens is 3. The molecule has 1 aromatic heterocycles. The van der Waals surface area contributed by atoms with Crippen molar-refractivity contribution < 1.29 is 4.79 Å². The zero-order chi connectivity index (χ0) is 13.8. The Labute approximate surface area is 131 Å². The van der Waals surface area contributed by atoms with Crippen molar-refractivity contribution >= 4 is 62.7 Å². The van der Waals surface area contributed by atoms with Crippen LogP contribution in [-0.2, 0) is 4.79 Å². The van der Waals surface area contributed by atoms with E-state index in [2.05, 4.69) is 30.9 Å². The molecule has 2 rings (SSSR count). The zero-order valence-corrected chi connectivity index (χ0v) is 13.0. The first-order valence-corrected chi connectivity index (χ1v) is 7.19. The standard InChI is InChI=1S/C11H4BrCl2N3OS/c12-7-1-8(14)9(17-5-18)2-10(7)19-11-15-3-6(13)4-16-11/h1-4H. The van der Waals surface area contributed by atoms with Gasteiger partial charge in [-0.15, -0.1) is 0 Å². The van der Waals surface area contributed by atoms with Crippen molar-refractivity contribution in [3.8, 4) is 0 Å². The molecule has 0 bridgehead atoms. The number of carbonyl (C=O) groups excluding carboxylic acids is 1.